The predicted molar refractivity (Wildman–Crippen MR) is 102 cm³/mol. The van der Waals surface area contributed by atoms with Gasteiger partial charge in [0.1, 0.15) is 5.82 Å². The molecule has 138 valence electrons. The Kier molecular flexibility index (Phi) is 5.28. The number of hydrogen-bond acceptors (Lipinski definition) is 2. The van der Waals surface area contributed by atoms with Crippen molar-refractivity contribution < 1.29 is 14.0 Å². The second kappa shape index (κ2) is 7.63. The van der Waals surface area contributed by atoms with Crippen LogP contribution in [0.1, 0.15) is 32.1 Å². The third-order valence-electron chi connectivity index (χ3n) is 4.15. The van der Waals surface area contributed by atoms with Crippen molar-refractivity contribution in [1.29, 1.82) is 0 Å². The maximum atomic E-state index is 13.7. The fraction of sp³-hybridized carbons (Fsp3) is 0.100. The lowest BCUT2D eigenvalue weighted by Gasteiger charge is -2.10. The van der Waals surface area contributed by atoms with Crippen LogP contribution in [-0.4, -0.2) is 16.4 Å². The molecule has 0 aliphatic heterocycles. The van der Waals surface area contributed by atoms with Crippen molar-refractivity contribution in [2.45, 2.75) is 13.8 Å². The van der Waals surface area contributed by atoms with Crippen LogP contribution >= 0.6 is 11.6 Å². The van der Waals surface area contributed by atoms with E-state index >= 15 is 0 Å². The molecular weight excluding hydrogens is 369 g/mol. The molecular formula is C20H17ClFN3O2. The Bertz CT molecular complexity index is 1020. The summed E-state index contributed by atoms with van der Waals surface area (Å²) in [6.07, 6.45) is 0. The number of carbonyl (C=O) groups excluding carboxylic acids is 2. The van der Waals surface area contributed by atoms with E-state index in [9.17, 15) is 14.0 Å². The fourth-order valence-electron chi connectivity index (χ4n) is 2.89. The number of benzene rings is 2. The molecule has 0 aliphatic rings. The van der Waals surface area contributed by atoms with Crippen molar-refractivity contribution in [1.82, 2.24) is 15.4 Å². The predicted octanol–water partition coefficient (Wildman–Crippen LogP) is 3.96. The standard InChI is InChI=1S/C20H17ClFN3O2/c1-12-10-16(13(2)25(12)15-6-4-3-5-7-15)19(26)23-24-20(27)17-11-14(21)8-9-18(17)22/h3-11H,1-2H3,(H,23,26)(H,24,27). The zero-order valence-electron chi connectivity index (χ0n) is 14.7. The van der Waals surface area contributed by atoms with Gasteiger partial charge in [0.2, 0.25) is 0 Å². The SMILES string of the molecule is Cc1cc(C(=O)NNC(=O)c2cc(Cl)ccc2F)c(C)n1-c1ccccc1. The number of nitrogens with one attached hydrogen (secondary N) is 2. The number of halogens is 2. The largest absolute Gasteiger partial charge is 0.318 e. The molecule has 27 heavy (non-hydrogen) atoms. The fourth-order valence-corrected chi connectivity index (χ4v) is 3.06. The molecule has 0 saturated carbocycles. The molecule has 0 fully saturated rings. The Morgan fingerprint density at radius 1 is 0.926 bits per heavy atom. The van der Waals surface area contributed by atoms with Gasteiger partial charge in [0.25, 0.3) is 11.8 Å². The molecule has 3 rings (SSSR count). The summed E-state index contributed by atoms with van der Waals surface area (Å²) in [5, 5.41) is 0.222. The average Bonchev–Trinajstić information content (AvgIpc) is 2.96. The van der Waals surface area contributed by atoms with E-state index < -0.39 is 17.6 Å². The second-order valence-electron chi connectivity index (χ2n) is 5.99. The van der Waals surface area contributed by atoms with Crippen LogP contribution in [0, 0.1) is 19.7 Å². The molecule has 0 aliphatic carbocycles. The van der Waals surface area contributed by atoms with Crippen LogP contribution in [0.4, 0.5) is 4.39 Å². The van der Waals surface area contributed by atoms with Gasteiger partial charge in [-0.05, 0) is 50.2 Å². The molecule has 1 aromatic heterocycles. The summed E-state index contributed by atoms with van der Waals surface area (Å²) in [5.74, 6) is -2.02. The van der Waals surface area contributed by atoms with Crippen molar-refractivity contribution in [2.24, 2.45) is 0 Å². The maximum absolute atomic E-state index is 13.7. The van der Waals surface area contributed by atoms with Crippen molar-refractivity contribution in [2.75, 3.05) is 0 Å². The van der Waals surface area contributed by atoms with Gasteiger partial charge in [0.05, 0.1) is 11.1 Å². The van der Waals surface area contributed by atoms with Gasteiger partial charge in [-0.1, -0.05) is 29.8 Å². The topological polar surface area (TPSA) is 63.1 Å². The summed E-state index contributed by atoms with van der Waals surface area (Å²) in [4.78, 5) is 24.6. The molecule has 0 bridgehead atoms. The Hall–Kier alpha value is -3.12. The Morgan fingerprint density at radius 3 is 2.22 bits per heavy atom. The highest BCUT2D eigenvalue weighted by Gasteiger charge is 2.18. The molecule has 0 radical (unpaired) electrons. The molecule has 7 heteroatoms. The van der Waals surface area contributed by atoms with Gasteiger partial charge in [0.15, 0.2) is 0 Å². The zero-order chi connectivity index (χ0) is 19.6. The van der Waals surface area contributed by atoms with Crippen LogP contribution in [0.5, 0.6) is 0 Å². The van der Waals surface area contributed by atoms with E-state index in [4.69, 9.17) is 11.6 Å². The number of nitrogens with zero attached hydrogens (tertiary/aromatic N) is 1. The third kappa shape index (κ3) is 3.85. The lowest BCUT2D eigenvalue weighted by molar-refractivity contribution is 0.0844. The molecule has 0 spiro atoms. The first kappa shape index (κ1) is 18.7. The van der Waals surface area contributed by atoms with E-state index in [0.717, 1.165) is 23.1 Å². The first-order valence-electron chi connectivity index (χ1n) is 8.18. The molecule has 1 heterocycles. The highest BCUT2D eigenvalue weighted by Crippen LogP contribution is 2.20. The summed E-state index contributed by atoms with van der Waals surface area (Å²) in [5.41, 5.74) is 7.20. The first-order valence-corrected chi connectivity index (χ1v) is 8.56. The van der Waals surface area contributed by atoms with Crippen molar-refractivity contribution in [3.05, 3.63) is 88.0 Å². The molecule has 2 amide bonds. The number of aromatic nitrogens is 1. The van der Waals surface area contributed by atoms with Crippen LogP contribution < -0.4 is 10.9 Å². The number of hydrogen-bond donors (Lipinski definition) is 2. The van der Waals surface area contributed by atoms with E-state index in [1.165, 1.54) is 12.1 Å². The van der Waals surface area contributed by atoms with E-state index in [1.54, 1.807) is 6.07 Å². The normalized spacial score (nSPS) is 10.5. The van der Waals surface area contributed by atoms with Gasteiger partial charge in [-0.3, -0.25) is 20.4 Å². The molecule has 2 N–H and O–H groups in total. The monoisotopic (exact) mass is 385 g/mol. The minimum atomic E-state index is -0.791. The Morgan fingerprint density at radius 2 is 1.56 bits per heavy atom. The van der Waals surface area contributed by atoms with Crippen LogP contribution in [-0.2, 0) is 0 Å². The van der Waals surface area contributed by atoms with Gasteiger partial charge in [-0.15, -0.1) is 0 Å². The molecule has 0 saturated heterocycles. The molecule has 0 atom stereocenters. The smallest absolute Gasteiger partial charge is 0.272 e. The summed E-state index contributed by atoms with van der Waals surface area (Å²) in [6.45, 7) is 3.70. The van der Waals surface area contributed by atoms with Gasteiger partial charge < -0.3 is 4.57 Å². The molecule has 5 nitrogen and oxygen atoms in total. The number of amides is 2. The number of rotatable bonds is 3. The highest BCUT2D eigenvalue weighted by atomic mass is 35.5. The lowest BCUT2D eigenvalue weighted by Crippen LogP contribution is -2.42. The summed E-state index contributed by atoms with van der Waals surface area (Å²) < 4.78 is 15.7. The highest BCUT2D eigenvalue weighted by molar-refractivity contribution is 6.31. The minimum absolute atomic E-state index is 0.222. The first-order chi connectivity index (χ1) is 12.9. The Balaban J connectivity index is 1.77. The number of aryl methyl sites for hydroxylation is 1. The van der Waals surface area contributed by atoms with Crippen molar-refractivity contribution in [3.8, 4) is 5.69 Å². The van der Waals surface area contributed by atoms with Crippen molar-refractivity contribution >= 4 is 23.4 Å². The van der Waals surface area contributed by atoms with E-state index in [2.05, 4.69) is 10.9 Å². The molecule has 3 aromatic rings. The number of hydrazine groups is 1. The average molecular weight is 386 g/mol. The quantitative estimate of drug-likeness (QED) is 0.670. The van der Waals surface area contributed by atoms with Crippen LogP contribution in [0.2, 0.25) is 5.02 Å². The van der Waals surface area contributed by atoms with Gasteiger partial charge in [-0.25, -0.2) is 4.39 Å². The van der Waals surface area contributed by atoms with E-state index in [0.29, 0.717) is 5.56 Å². The number of para-hydroxylation sites is 1. The molecule has 2 aromatic carbocycles. The van der Waals surface area contributed by atoms with Gasteiger partial charge in [0, 0.05) is 22.1 Å². The van der Waals surface area contributed by atoms with E-state index in [1.807, 2.05) is 48.7 Å². The molecule has 0 unspecified atom stereocenters. The van der Waals surface area contributed by atoms with Crippen LogP contribution in [0.25, 0.3) is 5.69 Å². The lowest BCUT2D eigenvalue weighted by atomic mass is 10.2. The third-order valence-corrected chi connectivity index (χ3v) is 4.39. The summed E-state index contributed by atoms with van der Waals surface area (Å²) in [7, 11) is 0. The zero-order valence-corrected chi connectivity index (χ0v) is 15.5. The summed E-state index contributed by atoms with van der Waals surface area (Å²) in [6, 6.07) is 15.0. The second-order valence-corrected chi connectivity index (χ2v) is 6.42. The van der Waals surface area contributed by atoms with Crippen LogP contribution in [0.15, 0.2) is 54.6 Å². The van der Waals surface area contributed by atoms with Gasteiger partial charge in [-0.2, -0.15) is 0 Å². The number of carbonyl (C=O) groups is 2. The minimum Gasteiger partial charge on any atom is -0.318 e. The van der Waals surface area contributed by atoms with Crippen molar-refractivity contribution in [3.63, 3.8) is 0 Å². The van der Waals surface area contributed by atoms with E-state index in [-0.39, 0.29) is 10.6 Å². The van der Waals surface area contributed by atoms with Gasteiger partial charge >= 0.3 is 0 Å². The van der Waals surface area contributed by atoms with Crippen LogP contribution in [0.3, 0.4) is 0 Å². The Labute approximate surface area is 160 Å². The maximum Gasteiger partial charge on any atom is 0.272 e. The summed E-state index contributed by atoms with van der Waals surface area (Å²) >= 11 is 5.78.